The van der Waals surface area contributed by atoms with E-state index >= 15 is 0 Å². The first-order valence-corrected chi connectivity index (χ1v) is 5.39. The van der Waals surface area contributed by atoms with Gasteiger partial charge in [0.2, 0.25) is 0 Å². The second-order valence-corrected chi connectivity index (χ2v) is 3.70. The molecule has 2 nitrogen and oxygen atoms in total. The fourth-order valence-electron chi connectivity index (χ4n) is 1.15. The smallest absolute Gasteiger partial charge is 0.101 e. The molecule has 0 amide bonds. The molecule has 2 rings (SSSR count). The van der Waals surface area contributed by atoms with E-state index in [2.05, 4.69) is 11.1 Å². The molecule has 72 valence electrons. The van der Waals surface area contributed by atoms with E-state index in [0.29, 0.717) is 0 Å². The van der Waals surface area contributed by atoms with Crippen molar-refractivity contribution in [2.24, 2.45) is 0 Å². The number of benzene rings is 1. The van der Waals surface area contributed by atoms with E-state index in [9.17, 15) is 0 Å². The van der Waals surface area contributed by atoms with Crippen molar-refractivity contribution in [1.29, 1.82) is 5.26 Å². The highest BCUT2D eigenvalue weighted by Crippen LogP contribution is 2.24. The molecule has 14 heavy (non-hydrogen) atoms. The first-order chi connectivity index (χ1) is 6.81. The molecule has 0 saturated heterocycles. The predicted octanol–water partition coefficient (Wildman–Crippen LogP) is 3.50. The monoisotopic (exact) mass is 204 g/mol. The van der Waals surface area contributed by atoms with Gasteiger partial charge in [-0.25, -0.2) is 4.98 Å². The van der Waals surface area contributed by atoms with Crippen LogP contribution in [0, 0.1) is 18.3 Å². The molecule has 0 N–H and O–H groups in total. The maximum atomic E-state index is 8.77. The second kappa shape index (κ2) is 4.73. The van der Waals surface area contributed by atoms with E-state index in [4.69, 9.17) is 5.26 Å². The Morgan fingerprint density at radius 3 is 2.71 bits per heavy atom. The molecule has 1 heterocycles. The van der Waals surface area contributed by atoms with E-state index < -0.39 is 0 Å². The van der Waals surface area contributed by atoms with Crippen LogP contribution in [0.2, 0.25) is 0 Å². The van der Waals surface area contributed by atoms with Gasteiger partial charge in [-0.2, -0.15) is 5.26 Å². The predicted molar refractivity (Wildman–Crippen MR) is 60.4 cm³/mol. The lowest BCUT2D eigenvalue weighted by molar-refractivity contribution is 1.35. The van der Waals surface area contributed by atoms with Crippen LogP contribution >= 0.6 is 11.3 Å². The van der Waals surface area contributed by atoms with Crippen molar-refractivity contribution in [1.82, 2.24) is 4.98 Å². The van der Waals surface area contributed by atoms with Gasteiger partial charge in [-0.3, -0.25) is 0 Å². The summed E-state index contributed by atoms with van der Waals surface area (Å²) in [5.41, 5.74) is 1.65. The van der Waals surface area contributed by atoms with Crippen molar-refractivity contribution in [3.63, 3.8) is 0 Å². The molecule has 0 unspecified atom stereocenters. The van der Waals surface area contributed by atoms with Crippen LogP contribution < -0.4 is 0 Å². The van der Waals surface area contributed by atoms with Crippen molar-refractivity contribution < 1.29 is 0 Å². The minimum Gasteiger partial charge on any atom is -0.241 e. The number of aromatic nitrogens is 1. The lowest BCUT2D eigenvalue weighted by Crippen LogP contribution is -1.73. The van der Waals surface area contributed by atoms with Crippen molar-refractivity contribution in [2.75, 3.05) is 0 Å². The van der Waals surface area contributed by atoms with Crippen molar-refractivity contribution in [3.8, 4) is 6.07 Å². The molecule has 2 aromatic rings. The Hall–Kier alpha value is -1.40. The maximum Gasteiger partial charge on any atom is 0.101 e. The van der Waals surface area contributed by atoms with Crippen LogP contribution in [-0.2, 0) is 0 Å². The normalized spacial score (nSPS) is 9.00. The molecular weight excluding hydrogens is 192 g/mol. The summed E-state index contributed by atoms with van der Waals surface area (Å²) in [6, 6.07) is 7.76. The third-order valence-electron chi connectivity index (χ3n) is 1.64. The Morgan fingerprint density at radius 1 is 1.36 bits per heavy atom. The summed E-state index contributed by atoms with van der Waals surface area (Å²) in [5, 5.41) is 9.78. The molecule has 3 heteroatoms. The highest BCUT2D eigenvalue weighted by atomic mass is 32.1. The largest absolute Gasteiger partial charge is 0.241 e. The lowest BCUT2D eigenvalue weighted by Gasteiger charge is -1.87. The number of hydrogen-bond acceptors (Lipinski definition) is 3. The molecule has 0 aliphatic rings. The van der Waals surface area contributed by atoms with Crippen LogP contribution in [0.15, 0.2) is 18.2 Å². The molecule has 0 radical (unpaired) electrons. The number of fused-ring (bicyclic) bond motifs is 1. The van der Waals surface area contributed by atoms with E-state index in [-0.39, 0.29) is 0 Å². The first kappa shape index (κ1) is 10.7. The van der Waals surface area contributed by atoms with Gasteiger partial charge in [0.1, 0.15) is 6.07 Å². The average Bonchev–Trinajstić information content (AvgIpc) is 2.60. The van der Waals surface area contributed by atoms with Crippen LogP contribution in [-0.4, -0.2) is 4.98 Å². The summed E-state index contributed by atoms with van der Waals surface area (Å²) in [4.78, 5) is 4.29. The number of nitriles is 1. The van der Waals surface area contributed by atoms with Crippen LogP contribution in [0.4, 0.5) is 0 Å². The van der Waals surface area contributed by atoms with Gasteiger partial charge in [0.25, 0.3) is 0 Å². The standard InChI is InChI=1S/C9H6N2S.C2H6/c1-6-11-8-4-2-3-7(5-10)9(8)12-6;1-2/h2-4H,1H3;1-2H3. The molecule has 1 aromatic carbocycles. The summed E-state index contributed by atoms with van der Waals surface area (Å²) in [6.45, 7) is 5.95. The number of thiazole rings is 1. The minimum absolute atomic E-state index is 0.720. The molecule has 0 bridgehead atoms. The molecule has 0 spiro atoms. The summed E-state index contributed by atoms with van der Waals surface area (Å²) in [7, 11) is 0. The Balaban J connectivity index is 0.000000461. The van der Waals surface area contributed by atoms with Crippen molar-refractivity contribution in [2.45, 2.75) is 20.8 Å². The summed E-state index contributed by atoms with van der Waals surface area (Å²) < 4.78 is 0.998. The van der Waals surface area contributed by atoms with Crippen LogP contribution in [0.1, 0.15) is 24.4 Å². The SMILES string of the molecule is CC.Cc1nc2cccc(C#N)c2s1. The van der Waals surface area contributed by atoms with E-state index in [0.717, 1.165) is 20.8 Å². The second-order valence-electron chi connectivity index (χ2n) is 2.50. The Labute approximate surface area is 87.8 Å². The molecule has 0 aliphatic carbocycles. The van der Waals surface area contributed by atoms with Crippen LogP contribution in [0.25, 0.3) is 10.2 Å². The first-order valence-electron chi connectivity index (χ1n) is 4.57. The topological polar surface area (TPSA) is 36.7 Å². The Kier molecular flexibility index (Phi) is 3.61. The summed E-state index contributed by atoms with van der Waals surface area (Å²) in [5.74, 6) is 0. The molecule has 0 fully saturated rings. The van der Waals surface area contributed by atoms with Gasteiger partial charge >= 0.3 is 0 Å². The summed E-state index contributed by atoms with van der Waals surface area (Å²) in [6.07, 6.45) is 0. The number of hydrogen-bond donors (Lipinski definition) is 0. The van der Waals surface area contributed by atoms with Gasteiger partial charge in [0.05, 0.1) is 20.8 Å². The molecule has 0 atom stereocenters. The van der Waals surface area contributed by atoms with Crippen LogP contribution in [0.3, 0.4) is 0 Å². The molecule has 1 aromatic heterocycles. The van der Waals surface area contributed by atoms with Gasteiger partial charge in [-0.05, 0) is 19.1 Å². The maximum absolute atomic E-state index is 8.77. The fourth-order valence-corrected chi connectivity index (χ4v) is 2.03. The van der Waals surface area contributed by atoms with Gasteiger partial charge in [0.15, 0.2) is 0 Å². The van der Waals surface area contributed by atoms with E-state index in [1.807, 2.05) is 39.0 Å². The number of aryl methyl sites for hydroxylation is 1. The van der Waals surface area contributed by atoms with Crippen molar-refractivity contribution >= 4 is 21.6 Å². The van der Waals surface area contributed by atoms with E-state index in [1.54, 1.807) is 11.3 Å². The minimum atomic E-state index is 0.720. The zero-order chi connectivity index (χ0) is 10.6. The zero-order valence-electron chi connectivity index (χ0n) is 8.53. The number of nitrogens with zero attached hydrogens (tertiary/aromatic N) is 2. The van der Waals surface area contributed by atoms with Gasteiger partial charge in [-0.1, -0.05) is 19.9 Å². The van der Waals surface area contributed by atoms with E-state index in [1.165, 1.54) is 0 Å². The molecule has 0 aliphatic heterocycles. The average molecular weight is 204 g/mol. The number of rotatable bonds is 0. The third-order valence-corrected chi connectivity index (χ3v) is 2.66. The van der Waals surface area contributed by atoms with Crippen LogP contribution in [0.5, 0.6) is 0 Å². The Morgan fingerprint density at radius 2 is 2.07 bits per heavy atom. The fraction of sp³-hybridized carbons (Fsp3) is 0.273. The zero-order valence-corrected chi connectivity index (χ0v) is 9.35. The van der Waals surface area contributed by atoms with Crippen molar-refractivity contribution in [3.05, 3.63) is 28.8 Å². The highest BCUT2D eigenvalue weighted by Gasteiger charge is 2.03. The summed E-state index contributed by atoms with van der Waals surface area (Å²) >= 11 is 1.57. The highest BCUT2D eigenvalue weighted by molar-refractivity contribution is 7.18. The van der Waals surface area contributed by atoms with Gasteiger partial charge in [0, 0.05) is 0 Å². The quantitative estimate of drug-likeness (QED) is 0.658. The van der Waals surface area contributed by atoms with Gasteiger partial charge in [-0.15, -0.1) is 11.3 Å². The van der Waals surface area contributed by atoms with Gasteiger partial charge < -0.3 is 0 Å². The third kappa shape index (κ3) is 1.91. The molecule has 0 saturated carbocycles. The Bertz CT molecular complexity index is 466. The molecular formula is C11H12N2S. The lowest BCUT2D eigenvalue weighted by atomic mass is 10.2.